The fraction of sp³-hybridized carbons (Fsp3) is 1.00. The van der Waals surface area contributed by atoms with Crippen molar-refractivity contribution >= 4 is 0 Å². The molecular weight excluding hydrogens is 272 g/mol. The third-order valence-electron chi connectivity index (χ3n) is 5.71. The zero-order valence-electron chi connectivity index (χ0n) is 14.6. The Bertz CT molecular complexity index is 281. The summed E-state index contributed by atoms with van der Waals surface area (Å²) in [6.07, 6.45) is 18.8. The Labute approximate surface area is 137 Å². The Morgan fingerprint density at radius 2 is 1.14 bits per heavy atom. The Morgan fingerprint density at radius 3 is 1.73 bits per heavy atom. The van der Waals surface area contributed by atoms with E-state index in [-0.39, 0.29) is 6.04 Å². The molecule has 22 heavy (non-hydrogen) atoms. The van der Waals surface area contributed by atoms with Gasteiger partial charge in [-0.05, 0) is 45.2 Å². The molecule has 2 fully saturated rings. The Morgan fingerprint density at radius 1 is 0.682 bits per heavy atom. The van der Waals surface area contributed by atoms with E-state index in [2.05, 4.69) is 4.90 Å². The monoisotopic (exact) mass is 310 g/mol. The molecule has 1 saturated carbocycles. The van der Waals surface area contributed by atoms with Crippen LogP contribution in [-0.2, 0) is 0 Å². The summed E-state index contributed by atoms with van der Waals surface area (Å²) in [6, 6.07) is 0.173. The predicted octanol–water partition coefficient (Wildman–Crippen LogP) is 4.18. The maximum Gasteiger partial charge on any atom is 0.129 e. The van der Waals surface area contributed by atoms with Gasteiger partial charge in [0, 0.05) is 0 Å². The molecule has 0 aromatic rings. The van der Waals surface area contributed by atoms with E-state index in [1.165, 1.54) is 77.0 Å². The molecule has 3 N–H and O–H groups in total. The number of nitrogens with two attached hydrogens (primary N) is 1. The second-order valence-corrected chi connectivity index (χ2v) is 7.68. The molecule has 3 nitrogen and oxygen atoms in total. The van der Waals surface area contributed by atoms with Crippen molar-refractivity contribution < 1.29 is 5.11 Å². The number of nitrogens with zero attached hydrogens (tertiary/aromatic N) is 1. The van der Waals surface area contributed by atoms with E-state index in [0.717, 1.165) is 32.4 Å². The van der Waals surface area contributed by atoms with Gasteiger partial charge < -0.3 is 10.8 Å². The number of aliphatic hydroxyl groups is 1. The van der Waals surface area contributed by atoms with Gasteiger partial charge in [0.15, 0.2) is 0 Å². The summed E-state index contributed by atoms with van der Waals surface area (Å²) in [6.45, 7) is 2.26. The molecule has 0 spiro atoms. The van der Waals surface area contributed by atoms with Crippen LogP contribution in [0.3, 0.4) is 0 Å². The summed E-state index contributed by atoms with van der Waals surface area (Å²) in [5, 5.41) is 10.9. The SMILES string of the molecule is NC1(O)CCCCCCCC1N1CCCCCCCCCC1. The van der Waals surface area contributed by atoms with Crippen molar-refractivity contribution in [2.75, 3.05) is 13.1 Å². The van der Waals surface area contributed by atoms with Gasteiger partial charge in [-0.3, -0.25) is 4.90 Å². The smallest absolute Gasteiger partial charge is 0.129 e. The molecule has 2 unspecified atom stereocenters. The predicted molar refractivity (Wildman–Crippen MR) is 93.8 cm³/mol. The highest BCUT2D eigenvalue weighted by atomic mass is 16.3. The molecule has 130 valence electrons. The lowest BCUT2D eigenvalue weighted by molar-refractivity contribution is -0.0549. The van der Waals surface area contributed by atoms with Crippen LogP contribution >= 0.6 is 0 Å². The van der Waals surface area contributed by atoms with E-state index < -0.39 is 5.72 Å². The van der Waals surface area contributed by atoms with Crippen molar-refractivity contribution in [3.63, 3.8) is 0 Å². The van der Waals surface area contributed by atoms with Gasteiger partial charge in [-0.1, -0.05) is 64.2 Å². The second-order valence-electron chi connectivity index (χ2n) is 7.68. The molecule has 0 aromatic heterocycles. The zero-order chi connectivity index (χ0) is 15.7. The van der Waals surface area contributed by atoms with Crippen molar-refractivity contribution in [2.24, 2.45) is 5.73 Å². The lowest BCUT2D eigenvalue weighted by Crippen LogP contribution is -2.59. The molecule has 3 heteroatoms. The molecule has 1 heterocycles. The highest BCUT2D eigenvalue weighted by Crippen LogP contribution is 2.27. The van der Waals surface area contributed by atoms with Gasteiger partial charge in [0.25, 0.3) is 0 Å². The van der Waals surface area contributed by atoms with Crippen molar-refractivity contribution in [1.29, 1.82) is 0 Å². The van der Waals surface area contributed by atoms with Gasteiger partial charge in [-0.15, -0.1) is 0 Å². The maximum atomic E-state index is 10.9. The summed E-state index contributed by atoms with van der Waals surface area (Å²) in [4.78, 5) is 2.55. The first-order valence-electron chi connectivity index (χ1n) is 9.95. The minimum atomic E-state index is -0.982. The largest absolute Gasteiger partial charge is 0.374 e. The van der Waals surface area contributed by atoms with Gasteiger partial charge >= 0.3 is 0 Å². The summed E-state index contributed by atoms with van der Waals surface area (Å²) in [5.41, 5.74) is 5.41. The molecule has 0 amide bonds. The van der Waals surface area contributed by atoms with Crippen molar-refractivity contribution in [3.05, 3.63) is 0 Å². The lowest BCUT2D eigenvalue weighted by Gasteiger charge is -2.41. The average Bonchev–Trinajstić information content (AvgIpc) is 2.53. The lowest BCUT2D eigenvalue weighted by atomic mass is 9.93. The van der Waals surface area contributed by atoms with Crippen LogP contribution in [0.4, 0.5) is 0 Å². The van der Waals surface area contributed by atoms with Crippen LogP contribution in [0.1, 0.15) is 96.3 Å². The summed E-state index contributed by atoms with van der Waals surface area (Å²) < 4.78 is 0. The van der Waals surface area contributed by atoms with E-state index in [9.17, 15) is 5.11 Å². The highest BCUT2D eigenvalue weighted by molar-refractivity contribution is 4.89. The second kappa shape index (κ2) is 9.89. The minimum absolute atomic E-state index is 0.173. The molecule has 0 bridgehead atoms. The van der Waals surface area contributed by atoms with E-state index in [1.54, 1.807) is 0 Å². The number of rotatable bonds is 1. The van der Waals surface area contributed by atoms with E-state index in [1.807, 2.05) is 0 Å². The van der Waals surface area contributed by atoms with Crippen LogP contribution in [0.5, 0.6) is 0 Å². The minimum Gasteiger partial charge on any atom is -0.374 e. The van der Waals surface area contributed by atoms with Crippen LogP contribution in [0.25, 0.3) is 0 Å². The molecule has 2 rings (SSSR count). The molecular formula is C19H38N2O. The van der Waals surface area contributed by atoms with Crippen LogP contribution < -0.4 is 5.73 Å². The van der Waals surface area contributed by atoms with Crippen LogP contribution in [0, 0.1) is 0 Å². The third kappa shape index (κ3) is 6.17. The summed E-state index contributed by atoms with van der Waals surface area (Å²) in [7, 11) is 0. The fourth-order valence-corrected chi connectivity index (χ4v) is 4.31. The van der Waals surface area contributed by atoms with Gasteiger partial charge in [-0.25, -0.2) is 0 Å². The normalized spacial score (nSPS) is 34.9. The zero-order valence-corrected chi connectivity index (χ0v) is 14.6. The van der Waals surface area contributed by atoms with E-state index >= 15 is 0 Å². The van der Waals surface area contributed by atoms with Gasteiger partial charge in [-0.2, -0.15) is 0 Å². The molecule has 1 aliphatic heterocycles. The quantitative estimate of drug-likeness (QED) is 0.714. The Kier molecular flexibility index (Phi) is 8.19. The van der Waals surface area contributed by atoms with Gasteiger partial charge in [0.2, 0.25) is 0 Å². The molecule has 0 radical (unpaired) electrons. The third-order valence-corrected chi connectivity index (χ3v) is 5.71. The molecule has 0 aromatic carbocycles. The molecule has 1 saturated heterocycles. The number of hydrogen-bond acceptors (Lipinski definition) is 3. The highest BCUT2D eigenvalue weighted by Gasteiger charge is 2.36. The molecule has 2 aliphatic rings. The van der Waals surface area contributed by atoms with Gasteiger partial charge in [0.05, 0.1) is 6.04 Å². The van der Waals surface area contributed by atoms with Crippen LogP contribution in [-0.4, -0.2) is 34.9 Å². The van der Waals surface area contributed by atoms with Crippen molar-refractivity contribution in [2.45, 2.75) is 108 Å². The van der Waals surface area contributed by atoms with E-state index in [4.69, 9.17) is 5.73 Å². The fourth-order valence-electron chi connectivity index (χ4n) is 4.31. The van der Waals surface area contributed by atoms with Crippen LogP contribution in [0.2, 0.25) is 0 Å². The number of hydrogen-bond donors (Lipinski definition) is 2. The first-order chi connectivity index (χ1) is 10.7. The molecule has 1 aliphatic carbocycles. The topological polar surface area (TPSA) is 49.5 Å². The van der Waals surface area contributed by atoms with E-state index in [0.29, 0.717) is 0 Å². The van der Waals surface area contributed by atoms with Gasteiger partial charge in [0.1, 0.15) is 5.72 Å². The van der Waals surface area contributed by atoms with Crippen molar-refractivity contribution in [3.8, 4) is 0 Å². The standard InChI is InChI=1S/C19H38N2O/c20-19(22)15-11-7-5-6-10-14-18(19)21-16-12-8-3-1-2-4-9-13-17-21/h18,22H,1-17,20H2. The molecule has 2 atom stereocenters. The Hall–Kier alpha value is -0.120. The summed E-state index contributed by atoms with van der Waals surface area (Å²) >= 11 is 0. The van der Waals surface area contributed by atoms with Crippen molar-refractivity contribution in [1.82, 2.24) is 4.90 Å². The summed E-state index contributed by atoms with van der Waals surface area (Å²) in [5.74, 6) is 0. The first-order valence-corrected chi connectivity index (χ1v) is 9.95. The average molecular weight is 311 g/mol. The first kappa shape index (κ1) is 18.2. The van der Waals surface area contributed by atoms with Crippen LogP contribution in [0.15, 0.2) is 0 Å². The maximum absolute atomic E-state index is 10.9. The Balaban J connectivity index is 2.00.